The maximum absolute atomic E-state index is 11.2. The molecule has 0 aromatic heterocycles. The highest BCUT2D eigenvalue weighted by atomic mass is 32.2. The molecule has 0 aliphatic carbocycles. The molecule has 0 radical (unpaired) electrons. The Morgan fingerprint density at radius 2 is 2.06 bits per heavy atom. The molecule has 0 aliphatic heterocycles. The highest BCUT2D eigenvalue weighted by molar-refractivity contribution is 7.79. The van der Waals surface area contributed by atoms with Crippen LogP contribution in [-0.2, 0) is 16.5 Å². The van der Waals surface area contributed by atoms with Crippen LogP contribution in [0, 0.1) is 0 Å². The number of benzene rings is 1. The summed E-state index contributed by atoms with van der Waals surface area (Å²) in [5, 5.41) is 0. The molecule has 1 unspecified atom stereocenters. The topological polar surface area (TPSA) is 46.5 Å². The molecule has 0 heterocycles. The third kappa shape index (κ3) is 2.62. The Balaban J connectivity index is 3.27. The number of ether oxygens (including phenoxy) is 1. The first-order valence-corrected chi connectivity index (χ1v) is 6.32. The fourth-order valence-corrected chi connectivity index (χ4v) is 1.99. The Morgan fingerprint density at radius 1 is 1.44 bits per heavy atom. The molecule has 1 atom stereocenters. The molecule has 16 heavy (non-hydrogen) atoms. The van der Waals surface area contributed by atoms with Crippen LogP contribution in [-0.4, -0.2) is 15.9 Å². The molecule has 90 valence electrons. The van der Waals surface area contributed by atoms with E-state index in [1.165, 1.54) is 7.11 Å². The molecule has 0 saturated carbocycles. The maximum Gasteiger partial charge on any atom is 0.190 e. The molecule has 1 rings (SSSR count). The second-order valence-electron chi connectivity index (χ2n) is 4.35. The van der Waals surface area contributed by atoms with Gasteiger partial charge in [-0.25, -0.2) is 4.21 Å². The smallest absolute Gasteiger partial charge is 0.190 e. The number of hydrogen-bond acceptors (Lipinski definition) is 2. The number of methoxy groups -OCH3 is 1. The second kappa shape index (κ2) is 4.97. The summed E-state index contributed by atoms with van der Waals surface area (Å²) in [6.07, 6.45) is 0.969. The van der Waals surface area contributed by atoms with E-state index in [0.717, 1.165) is 12.0 Å². The summed E-state index contributed by atoms with van der Waals surface area (Å²) < 4.78 is 25.4. The summed E-state index contributed by atoms with van der Waals surface area (Å²) in [6, 6.07) is 5.44. The zero-order valence-corrected chi connectivity index (χ0v) is 10.9. The number of rotatable bonds is 4. The molecule has 0 bridgehead atoms. The van der Waals surface area contributed by atoms with Gasteiger partial charge in [0, 0.05) is 0 Å². The van der Waals surface area contributed by atoms with Crippen LogP contribution >= 0.6 is 0 Å². The standard InChI is InChI=1S/C12H18O3S/c1-5-12(2,3)9-6-7-10(15-4)11(8-9)16(13)14/h6-8H,5H2,1-4H3,(H,13,14). The van der Waals surface area contributed by atoms with Gasteiger partial charge in [-0.1, -0.05) is 26.8 Å². The van der Waals surface area contributed by atoms with Crippen LogP contribution in [0.2, 0.25) is 0 Å². The van der Waals surface area contributed by atoms with Crippen LogP contribution in [0.4, 0.5) is 0 Å². The van der Waals surface area contributed by atoms with E-state index in [9.17, 15) is 8.76 Å². The first-order valence-electron chi connectivity index (χ1n) is 5.21. The van der Waals surface area contributed by atoms with Gasteiger partial charge in [-0.3, -0.25) is 0 Å². The average molecular weight is 242 g/mol. The van der Waals surface area contributed by atoms with Gasteiger partial charge in [0.05, 0.1) is 7.11 Å². The second-order valence-corrected chi connectivity index (χ2v) is 5.29. The van der Waals surface area contributed by atoms with E-state index < -0.39 is 11.1 Å². The van der Waals surface area contributed by atoms with Gasteiger partial charge >= 0.3 is 0 Å². The summed E-state index contributed by atoms with van der Waals surface area (Å²) in [7, 11) is 1.50. The Labute approximate surface area is 99.1 Å². The van der Waals surface area contributed by atoms with Gasteiger partial charge in [-0.15, -0.1) is 0 Å². The molecule has 1 aromatic rings. The minimum atomic E-state index is -2.01. The summed E-state index contributed by atoms with van der Waals surface area (Å²) >= 11 is -2.01. The quantitative estimate of drug-likeness (QED) is 0.826. The van der Waals surface area contributed by atoms with Crippen LogP contribution in [0.15, 0.2) is 23.1 Å². The lowest BCUT2D eigenvalue weighted by Gasteiger charge is -2.24. The molecular weight excluding hydrogens is 224 g/mol. The Hall–Kier alpha value is -0.870. The zero-order chi connectivity index (χ0) is 12.3. The Bertz CT molecular complexity index is 399. The molecule has 1 N–H and O–H groups in total. The predicted octanol–water partition coefficient (Wildman–Crippen LogP) is 2.96. The third-order valence-electron chi connectivity index (χ3n) is 3.02. The minimum Gasteiger partial charge on any atom is -0.495 e. The van der Waals surface area contributed by atoms with Crippen LogP contribution in [0.5, 0.6) is 5.75 Å². The van der Waals surface area contributed by atoms with E-state index in [1.54, 1.807) is 12.1 Å². The SMILES string of the molecule is CCC(C)(C)c1ccc(OC)c(S(=O)O)c1. The molecule has 3 nitrogen and oxygen atoms in total. The van der Waals surface area contributed by atoms with Crippen molar-refractivity contribution in [3.05, 3.63) is 23.8 Å². The van der Waals surface area contributed by atoms with Crippen molar-refractivity contribution in [2.75, 3.05) is 7.11 Å². The van der Waals surface area contributed by atoms with Crippen LogP contribution in [0.3, 0.4) is 0 Å². The zero-order valence-electron chi connectivity index (χ0n) is 10.1. The van der Waals surface area contributed by atoms with Gasteiger partial charge in [0.25, 0.3) is 0 Å². The van der Waals surface area contributed by atoms with Crippen molar-refractivity contribution >= 4 is 11.1 Å². The molecule has 0 spiro atoms. The van der Waals surface area contributed by atoms with Crippen molar-refractivity contribution in [1.29, 1.82) is 0 Å². The van der Waals surface area contributed by atoms with Crippen molar-refractivity contribution in [2.24, 2.45) is 0 Å². The monoisotopic (exact) mass is 242 g/mol. The lowest BCUT2D eigenvalue weighted by molar-refractivity contribution is 0.400. The van der Waals surface area contributed by atoms with Gasteiger partial charge in [0.2, 0.25) is 0 Å². The Morgan fingerprint density at radius 3 is 2.50 bits per heavy atom. The fraction of sp³-hybridized carbons (Fsp3) is 0.500. The van der Waals surface area contributed by atoms with E-state index in [-0.39, 0.29) is 5.41 Å². The van der Waals surface area contributed by atoms with Gasteiger partial charge in [0.1, 0.15) is 10.6 Å². The van der Waals surface area contributed by atoms with Gasteiger partial charge in [-0.2, -0.15) is 0 Å². The van der Waals surface area contributed by atoms with E-state index in [2.05, 4.69) is 20.8 Å². The highest BCUT2D eigenvalue weighted by Crippen LogP contribution is 2.31. The first-order chi connectivity index (χ1) is 7.42. The highest BCUT2D eigenvalue weighted by Gasteiger charge is 2.20. The fourth-order valence-electron chi connectivity index (χ4n) is 1.44. The van der Waals surface area contributed by atoms with Crippen molar-refractivity contribution < 1.29 is 13.5 Å². The van der Waals surface area contributed by atoms with Crippen molar-refractivity contribution in [3.63, 3.8) is 0 Å². The maximum atomic E-state index is 11.2. The summed E-state index contributed by atoms with van der Waals surface area (Å²) in [6.45, 7) is 6.32. The van der Waals surface area contributed by atoms with E-state index in [0.29, 0.717) is 10.6 Å². The summed E-state index contributed by atoms with van der Waals surface area (Å²) in [4.78, 5) is 0.335. The molecule has 4 heteroatoms. The molecule has 0 aliphatic rings. The van der Waals surface area contributed by atoms with Crippen molar-refractivity contribution in [1.82, 2.24) is 0 Å². The average Bonchev–Trinajstić information content (AvgIpc) is 2.28. The first kappa shape index (κ1) is 13.2. The van der Waals surface area contributed by atoms with Crippen LogP contribution in [0.1, 0.15) is 32.8 Å². The summed E-state index contributed by atoms with van der Waals surface area (Å²) in [5.41, 5.74) is 1.05. The lowest BCUT2D eigenvalue weighted by Crippen LogP contribution is -2.15. The molecule has 0 amide bonds. The molecule has 0 fully saturated rings. The minimum absolute atomic E-state index is 0.000388. The van der Waals surface area contributed by atoms with Gasteiger partial charge in [0.15, 0.2) is 11.1 Å². The molecule has 0 saturated heterocycles. The summed E-state index contributed by atoms with van der Waals surface area (Å²) in [5.74, 6) is 0.455. The van der Waals surface area contributed by atoms with E-state index in [1.807, 2.05) is 6.07 Å². The lowest BCUT2D eigenvalue weighted by atomic mass is 9.82. The third-order valence-corrected chi connectivity index (χ3v) is 3.71. The number of hydrogen-bond donors (Lipinski definition) is 1. The van der Waals surface area contributed by atoms with Crippen molar-refractivity contribution in [3.8, 4) is 5.75 Å². The van der Waals surface area contributed by atoms with Crippen LogP contribution in [0.25, 0.3) is 0 Å². The normalized spacial score (nSPS) is 13.6. The van der Waals surface area contributed by atoms with Gasteiger partial charge < -0.3 is 9.29 Å². The van der Waals surface area contributed by atoms with Crippen LogP contribution < -0.4 is 4.74 Å². The predicted molar refractivity (Wildman–Crippen MR) is 65.3 cm³/mol. The van der Waals surface area contributed by atoms with E-state index >= 15 is 0 Å². The Kier molecular flexibility index (Phi) is 4.10. The molecular formula is C12H18O3S. The largest absolute Gasteiger partial charge is 0.495 e. The van der Waals surface area contributed by atoms with Crippen molar-refractivity contribution in [2.45, 2.75) is 37.5 Å². The van der Waals surface area contributed by atoms with E-state index in [4.69, 9.17) is 4.74 Å². The van der Waals surface area contributed by atoms with Gasteiger partial charge in [-0.05, 0) is 29.5 Å². The molecule has 1 aromatic carbocycles.